The molecule has 0 nitrogen and oxygen atoms in total. The van der Waals surface area contributed by atoms with Crippen LogP contribution in [0.25, 0.3) is 9.75 Å². The summed E-state index contributed by atoms with van der Waals surface area (Å²) < 4.78 is 2.91. The van der Waals surface area contributed by atoms with Crippen LogP contribution in [-0.2, 0) is 0 Å². The van der Waals surface area contributed by atoms with Crippen LogP contribution < -0.4 is 40.1 Å². The SMILES string of the molecule is c1ccc([Si](c2ccccc2)(c2ccccc2)c2ccc(-c3ccc([Si](c4ccccc4)(c4ccccc4)c4ccccc4)s3)s2)cc1. The summed E-state index contributed by atoms with van der Waals surface area (Å²) in [5.74, 6) is 0. The Morgan fingerprint density at radius 2 is 0.438 bits per heavy atom. The van der Waals surface area contributed by atoms with Crippen LogP contribution in [0.1, 0.15) is 0 Å². The first kappa shape index (κ1) is 30.5. The molecule has 0 aliphatic heterocycles. The molecule has 0 N–H and O–H groups in total. The van der Waals surface area contributed by atoms with Gasteiger partial charge in [0.15, 0.2) is 16.1 Å². The van der Waals surface area contributed by atoms with Crippen molar-refractivity contribution in [3.8, 4) is 9.75 Å². The third-order valence-electron chi connectivity index (χ3n) is 9.43. The molecule has 4 heteroatoms. The van der Waals surface area contributed by atoms with E-state index in [1.807, 2.05) is 22.7 Å². The third kappa shape index (κ3) is 5.18. The van der Waals surface area contributed by atoms with Gasteiger partial charge in [0.05, 0.1) is 0 Å². The van der Waals surface area contributed by atoms with Crippen LogP contribution in [0.2, 0.25) is 0 Å². The predicted octanol–water partition coefficient (Wildman–Crippen LogP) is 6.23. The molecule has 0 aliphatic carbocycles. The lowest BCUT2D eigenvalue weighted by Crippen LogP contribution is -2.74. The van der Waals surface area contributed by atoms with Crippen LogP contribution in [-0.4, -0.2) is 16.1 Å². The van der Waals surface area contributed by atoms with Gasteiger partial charge in [0.1, 0.15) is 0 Å². The van der Waals surface area contributed by atoms with Crippen molar-refractivity contribution >= 4 is 78.9 Å². The lowest BCUT2D eigenvalue weighted by atomic mass is 10.3. The number of rotatable bonds is 9. The lowest BCUT2D eigenvalue weighted by molar-refractivity contribution is 1.69. The van der Waals surface area contributed by atoms with Gasteiger partial charge in [-0.1, -0.05) is 194 Å². The van der Waals surface area contributed by atoms with Crippen molar-refractivity contribution in [2.75, 3.05) is 0 Å². The van der Waals surface area contributed by atoms with Crippen LogP contribution >= 0.6 is 22.7 Å². The first-order valence-corrected chi connectivity index (χ1v) is 22.0. The number of benzene rings is 6. The van der Waals surface area contributed by atoms with Crippen molar-refractivity contribution < 1.29 is 0 Å². The molecule has 8 aromatic rings. The summed E-state index contributed by atoms with van der Waals surface area (Å²) in [6.45, 7) is 0. The van der Waals surface area contributed by atoms with Gasteiger partial charge in [-0.3, -0.25) is 0 Å². The molecule has 0 saturated carbocycles. The van der Waals surface area contributed by atoms with Gasteiger partial charge in [-0.25, -0.2) is 0 Å². The molecule has 0 amide bonds. The number of thiophene rings is 2. The molecule has 0 radical (unpaired) electrons. The molecule has 48 heavy (non-hydrogen) atoms. The summed E-state index contributed by atoms with van der Waals surface area (Å²) >= 11 is 3.95. The number of hydrogen-bond acceptors (Lipinski definition) is 2. The van der Waals surface area contributed by atoms with Crippen LogP contribution in [0.3, 0.4) is 0 Å². The van der Waals surface area contributed by atoms with E-state index in [0.29, 0.717) is 0 Å². The van der Waals surface area contributed by atoms with E-state index in [-0.39, 0.29) is 0 Å². The molecule has 0 bridgehead atoms. The minimum Gasteiger partial charge on any atom is -0.143 e. The first-order chi connectivity index (χ1) is 23.8. The molecule has 0 aliphatic rings. The van der Waals surface area contributed by atoms with Crippen molar-refractivity contribution in [1.82, 2.24) is 0 Å². The molecule has 230 valence electrons. The van der Waals surface area contributed by atoms with Crippen molar-refractivity contribution in [3.63, 3.8) is 0 Å². The molecule has 0 saturated heterocycles. The minimum atomic E-state index is -2.57. The second kappa shape index (κ2) is 13.3. The second-order valence-corrected chi connectivity index (χ2v) is 22.5. The summed E-state index contributed by atoms with van der Waals surface area (Å²) in [6, 6.07) is 76.9. The van der Waals surface area contributed by atoms with E-state index in [9.17, 15) is 0 Å². The van der Waals surface area contributed by atoms with E-state index < -0.39 is 16.1 Å². The van der Waals surface area contributed by atoms with Gasteiger partial charge < -0.3 is 0 Å². The van der Waals surface area contributed by atoms with Gasteiger partial charge in [-0.05, 0) is 43.3 Å². The Hall–Kier alpha value is -4.85. The molecule has 0 atom stereocenters. The topological polar surface area (TPSA) is 0 Å². The Morgan fingerprint density at radius 3 is 0.646 bits per heavy atom. The average Bonchev–Trinajstić information content (AvgIpc) is 3.87. The fourth-order valence-electron chi connectivity index (χ4n) is 7.33. The molecule has 0 fully saturated rings. The average molecular weight is 683 g/mol. The van der Waals surface area contributed by atoms with Gasteiger partial charge in [-0.2, -0.15) is 0 Å². The summed E-state index contributed by atoms with van der Waals surface area (Å²) in [5.41, 5.74) is 0. The largest absolute Gasteiger partial charge is 0.191 e. The summed E-state index contributed by atoms with van der Waals surface area (Å²) in [6.07, 6.45) is 0. The zero-order valence-electron chi connectivity index (χ0n) is 26.4. The zero-order valence-corrected chi connectivity index (χ0v) is 30.1. The van der Waals surface area contributed by atoms with Crippen molar-refractivity contribution in [3.05, 3.63) is 206 Å². The van der Waals surface area contributed by atoms with Crippen LogP contribution in [0, 0.1) is 0 Å². The summed E-state index contributed by atoms with van der Waals surface area (Å²) in [4.78, 5) is 2.66. The highest BCUT2D eigenvalue weighted by molar-refractivity contribution is 7.41. The highest BCUT2D eigenvalue weighted by Gasteiger charge is 2.44. The molecule has 2 heterocycles. The normalized spacial score (nSPS) is 11.8. The smallest absolute Gasteiger partial charge is 0.143 e. The molecule has 0 unspecified atom stereocenters. The Labute approximate surface area is 293 Å². The molecule has 0 spiro atoms. The minimum absolute atomic E-state index is 1.33. The zero-order chi connectivity index (χ0) is 32.2. The maximum absolute atomic E-state index is 2.57. The van der Waals surface area contributed by atoms with E-state index in [4.69, 9.17) is 0 Å². The molecule has 6 aromatic carbocycles. The Balaban J connectivity index is 1.33. The highest BCUT2D eigenvalue weighted by atomic mass is 32.1. The summed E-state index contributed by atoms with van der Waals surface area (Å²) in [5, 5.41) is 8.45. The van der Waals surface area contributed by atoms with E-state index in [0.717, 1.165) is 0 Å². The van der Waals surface area contributed by atoms with Gasteiger partial charge in [0.2, 0.25) is 0 Å². The van der Waals surface area contributed by atoms with Gasteiger partial charge in [-0.15, -0.1) is 22.7 Å². The van der Waals surface area contributed by atoms with Crippen LogP contribution in [0.15, 0.2) is 206 Å². The van der Waals surface area contributed by atoms with Crippen LogP contribution in [0.4, 0.5) is 0 Å². The van der Waals surface area contributed by atoms with Gasteiger partial charge >= 0.3 is 0 Å². The van der Waals surface area contributed by atoms with E-state index in [2.05, 4.69) is 206 Å². The fraction of sp³-hybridized carbons (Fsp3) is 0. The lowest BCUT2D eigenvalue weighted by Gasteiger charge is -2.33. The van der Waals surface area contributed by atoms with Gasteiger partial charge in [0.25, 0.3) is 0 Å². The third-order valence-corrected chi connectivity index (χ3v) is 22.9. The van der Waals surface area contributed by atoms with E-state index in [1.165, 1.54) is 49.9 Å². The van der Waals surface area contributed by atoms with Crippen LogP contribution in [0.5, 0.6) is 0 Å². The quantitative estimate of drug-likeness (QED) is 0.125. The van der Waals surface area contributed by atoms with E-state index in [1.54, 1.807) is 0 Å². The highest BCUT2D eigenvalue weighted by Crippen LogP contribution is 2.30. The Kier molecular flexibility index (Phi) is 8.47. The molecular weight excluding hydrogens is 649 g/mol. The maximum atomic E-state index is 2.43. The fourth-order valence-corrected chi connectivity index (χ4v) is 21.5. The predicted molar refractivity (Wildman–Crippen MR) is 215 cm³/mol. The maximum Gasteiger partial charge on any atom is 0.191 e. The second-order valence-electron chi connectivity index (χ2n) is 12.0. The number of hydrogen-bond donors (Lipinski definition) is 0. The van der Waals surface area contributed by atoms with Gasteiger partial charge in [0, 0.05) is 18.8 Å². The van der Waals surface area contributed by atoms with Crippen molar-refractivity contribution in [2.45, 2.75) is 0 Å². The summed E-state index contributed by atoms with van der Waals surface area (Å²) in [7, 11) is -5.14. The molecular formula is C44H34S2Si2. The monoisotopic (exact) mass is 682 g/mol. The van der Waals surface area contributed by atoms with Crippen molar-refractivity contribution in [2.24, 2.45) is 0 Å². The van der Waals surface area contributed by atoms with E-state index >= 15 is 0 Å². The Bertz CT molecular complexity index is 1860. The molecule has 8 rings (SSSR count). The van der Waals surface area contributed by atoms with Crippen molar-refractivity contribution in [1.29, 1.82) is 0 Å². The standard InChI is InChI=1S/C44H34S2Si2/c1-7-19-35(20-8-1)47(36-21-9-2-10-22-36,37-23-11-3-12-24-37)43-33-31-41(45-43)42-32-34-44(46-42)48(38-25-13-4-14-26-38,39-27-15-5-16-28-39)40-29-17-6-18-30-40/h1-34H. The first-order valence-electron chi connectivity index (χ1n) is 16.4. The molecule has 2 aromatic heterocycles. The Morgan fingerprint density at radius 1 is 0.229 bits per heavy atom.